The first-order valence-electron chi connectivity index (χ1n) is 7.95. The number of para-hydroxylation sites is 2. The van der Waals surface area contributed by atoms with E-state index in [1.54, 1.807) is 6.07 Å². The molecule has 146 valence electrons. The van der Waals surface area contributed by atoms with Crippen molar-refractivity contribution in [1.82, 2.24) is 0 Å². The average Bonchev–Trinajstić information content (AvgIpc) is 2.62. The van der Waals surface area contributed by atoms with Crippen LogP contribution in [0.3, 0.4) is 0 Å². The van der Waals surface area contributed by atoms with E-state index in [0.29, 0.717) is 0 Å². The van der Waals surface area contributed by atoms with Crippen LogP contribution in [-0.4, -0.2) is 31.5 Å². The Balaban J connectivity index is 2.81. The molecule has 8 heteroatoms. The van der Waals surface area contributed by atoms with Crippen LogP contribution in [0, 0.1) is 13.8 Å². The summed E-state index contributed by atoms with van der Waals surface area (Å²) in [5.74, 6) is -1.55. The second-order valence-corrected chi connectivity index (χ2v) is 6.02. The van der Waals surface area contributed by atoms with Gasteiger partial charge >= 0.3 is 12.1 Å². The van der Waals surface area contributed by atoms with Crippen molar-refractivity contribution in [1.29, 1.82) is 0 Å². The van der Waals surface area contributed by atoms with Crippen LogP contribution in [0.1, 0.15) is 16.7 Å². The summed E-state index contributed by atoms with van der Waals surface area (Å²) < 4.78 is 52.6. The number of ether oxygens (including phenoxy) is 2. The number of phenols is 1. The molecule has 0 bridgehead atoms. The Labute approximate surface area is 154 Å². The zero-order chi connectivity index (χ0) is 20.4. The Morgan fingerprint density at radius 3 is 2.11 bits per heavy atom. The molecule has 1 atom stereocenters. The third-order valence-corrected chi connectivity index (χ3v) is 4.27. The van der Waals surface area contributed by atoms with E-state index in [1.165, 1.54) is 39.2 Å². The smallest absolute Gasteiger partial charge is 0.426 e. The minimum Gasteiger partial charge on any atom is -0.507 e. The van der Waals surface area contributed by atoms with Gasteiger partial charge in [-0.25, -0.2) is 4.79 Å². The lowest BCUT2D eigenvalue weighted by molar-refractivity contribution is -0.201. The van der Waals surface area contributed by atoms with Gasteiger partial charge in [0.2, 0.25) is 0 Å². The van der Waals surface area contributed by atoms with E-state index in [2.05, 4.69) is 10.1 Å². The highest BCUT2D eigenvalue weighted by Crippen LogP contribution is 2.45. The molecule has 0 aromatic heterocycles. The minimum absolute atomic E-state index is 0.0360. The third-order valence-electron chi connectivity index (χ3n) is 4.27. The summed E-state index contributed by atoms with van der Waals surface area (Å²) in [5.41, 5.74) is -3.24. The summed E-state index contributed by atoms with van der Waals surface area (Å²) >= 11 is 0. The van der Waals surface area contributed by atoms with Crippen molar-refractivity contribution in [2.24, 2.45) is 0 Å². The van der Waals surface area contributed by atoms with E-state index in [4.69, 9.17) is 4.74 Å². The van der Waals surface area contributed by atoms with E-state index < -0.39 is 23.2 Å². The number of esters is 1. The molecule has 27 heavy (non-hydrogen) atoms. The highest BCUT2D eigenvalue weighted by atomic mass is 19.4. The van der Waals surface area contributed by atoms with Crippen molar-refractivity contribution in [3.05, 3.63) is 53.1 Å². The van der Waals surface area contributed by atoms with Crippen molar-refractivity contribution in [2.75, 3.05) is 19.5 Å². The van der Waals surface area contributed by atoms with Gasteiger partial charge in [0.05, 0.1) is 19.9 Å². The molecule has 0 heterocycles. The quantitative estimate of drug-likeness (QED) is 0.762. The molecule has 0 spiro atoms. The predicted molar refractivity (Wildman–Crippen MR) is 93.9 cm³/mol. The first-order chi connectivity index (χ1) is 12.6. The molecule has 0 aliphatic rings. The molecule has 2 aromatic carbocycles. The zero-order valence-electron chi connectivity index (χ0n) is 15.3. The average molecular weight is 383 g/mol. The van der Waals surface area contributed by atoms with Crippen LogP contribution in [-0.2, 0) is 15.1 Å². The lowest BCUT2D eigenvalue weighted by Crippen LogP contribution is -2.56. The fraction of sp³-hybridized carbons (Fsp3) is 0.316. The Morgan fingerprint density at radius 1 is 1.07 bits per heavy atom. The number of phenolic OH excluding ortho intramolecular Hbond substituents is 1. The number of benzene rings is 2. The molecular formula is C19H20F3NO4. The van der Waals surface area contributed by atoms with Gasteiger partial charge in [-0.1, -0.05) is 12.1 Å². The molecular weight excluding hydrogens is 363 g/mol. The molecule has 0 saturated carbocycles. The van der Waals surface area contributed by atoms with Crippen molar-refractivity contribution in [2.45, 2.75) is 25.6 Å². The maximum Gasteiger partial charge on any atom is 0.426 e. The molecule has 0 unspecified atom stereocenters. The Hall–Kier alpha value is -2.90. The number of anilines is 1. The molecule has 0 aliphatic heterocycles. The van der Waals surface area contributed by atoms with Crippen LogP contribution in [0.5, 0.6) is 11.5 Å². The van der Waals surface area contributed by atoms with Gasteiger partial charge in [-0.2, -0.15) is 13.2 Å². The highest BCUT2D eigenvalue weighted by molar-refractivity contribution is 5.88. The van der Waals surface area contributed by atoms with Gasteiger partial charge in [0, 0.05) is 0 Å². The second kappa shape index (κ2) is 7.38. The number of hydrogen-bond donors (Lipinski definition) is 2. The fourth-order valence-electron chi connectivity index (χ4n) is 2.87. The van der Waals surface area contributed by atoms with Gasteiger partial charge in [-0.15, -0.1) is 0 Å². The maximum absolute atomic E-state index is 14.3. The van der Waals surface area contributed by atoms with Crippen LogP contribution >= 0.6 is 0 Å². The van der Waals surface area contributed by atoms with Crippen molar-refractivity contribution >= 4 is 11.7 Å². The van der Waals surface area contributed by atoms with E-state index in [9.17, 15) is 23.1 Å². The van der Waals surface area contributed by atoms with Crippen molar-refractivity contribution < 1.29 is 32.5 Å². The molecule has 5 nitrogen and oxygen atoms in total. The van der Waals surface area contributed by atoms with Crippen molar-refractivity contribution in [3.63, 3.8) is 0 Å². The fourth-order valence-corrected chi connectivity index (χ4v) is 2.87. The number of aryl methyl sites for hydroxylation is 2. The van der Waals surface area contributed by atoms with Gasteiger partial charge in [0.25, 0.3) is 5.54 Å². The molecule has 2 N–H and O–H groups in total. The first kappa shape index (κ1) is 20.4. The normalized spacial score (nSPS) is 13.6. The van der Waals surface area contributed by atoms with Crippen LogP contribution in [0.25, 0.3) is 0 Å². The SMILES string of the molecule is COC(=O)[C@@](Nc1ccccc1OC)(c1cc(C)c(O)c(C)c1)C(F)(F)F. The van der Waals surface area contributed by atoms with E-state index in [-0.39, 0.29) is 28.3 Å². The first-order valence-corrected chi connectivity index (χ1v) is 7.95. The topological polar surface area (TPSA) is 67.8 Å². The molecule has 0 amide bonds. The summed E-state index contributed by atoms with van der Waals surface area (Å²) in [7, 11) is 2.19. The van der Waals surface area contributed by atoms with Gasteiger partial charge in [-0.05, 0) is 54.8 Å². The number of aromatic hydroxyl groups is 1. The van der Waals surface area contributed by atoms with E-state index in [0.717, 1.165) is 19.2 Å². The molecule has 2 aromatic rings. The predicted octanol–water partition coefficient (Wildman–Crippen LogP) is 4.06. The Bertz CT molecular complexity index is 828. The lowest BCUT2D eigenvalue weighted by Gasteiger charge is -2.35. The minimum atomic E-state index is -5.06. The number of alkyl halides is 3. The molecule has 2 rings (SSSR count). The number of hydrogen-bond acceptors (Lipinski definition) is 5. The van der Waals surface area contributed by atoms with Crippen molar-refractivity contribution in [3.8, 4) is 11.5 Å². The van der Waals surface area contributed by atoms with Crippen LogP contribution < -0.4 is 10.1 Å². The van der Waals surface area contributed by atoms with E-state index >= 15 is 0 Å². The van der Waals surface area contributed by atoms with Crippen LogP contribution in [0.15, 0.2) is 36.4 Å². The van der Waals surface area contributed by atoms with E-state index in [1.807, 2.05) is 0 Å². The number of methoxy groups -OCH3 is 2. The van der Waals surface area contributed by atoms with Crippen LogP contribution in [0.2, 0.25) is 0 Å². The molecule has 0 fully saturated rings. The second-order valence-electron chi connectivity index (χ2n) is 6.02. The highest BCUT2D eigenvalue weighted by Gasteiger charge is 2.63. The number of halogens is 3. The Morgan fingerprint density at radius 2 is 1.63 bits per heavy atom. The summed E-state index contributed by atoms with van der Waals surface area (Å²) in [6.07, 6.45) is -5.06. The van der Waals surface area contributed by atoms with Crippen LogP contribution in [0.4, 0.5) is 18.9 Å². The molecule has 0 aliphatic carbocycles. The zero-order valence-corrected chi connectivity index (χ0v) is 15.3. The standard InChI is InChI=1S/C19H20F3NO4/c1-11-9-13(10-12(2)16(11)24)18(17(25)27-4,19(20,21)22)23-14-7-5-6-8-15(14)26-3/h5-10,23-24H,1-4H3/t18-/m0/s1. The summed E-state index contributed by atoms with van der Waals surface area (Å²) in [5, 5.41) is 12.2. The number of rotatable bonds is 5. The van der Waals surface area contributed by atoms with Gasteiger partial charge in [-0.3, -0.25) is 0 Å². The van der Waals surface area contributed by atoms with Gasteiger partial charge in [0.1, 0.15) is 11.5 Å². The maximum atomic E-state index is 14.3. The third kappa shape index (κ3) is 3.51. The molecule has 0 radical (unpaired) electrons. The summed E-state index contributed by atoms with van der Waals surface area (Å²) in [6.45, 7) is 2.90. The summed E-state index contributed by atoms with van der Waals surface area (Å²) in [6, 6.07) is 8.14. The van der Waals surface area contributed by atoms with Gasteiger partial charge < -0.3 is 19.9 Å². The van der Waals surface area contributed by atoms with Gasteiger partial charge in [0.15, 0.2) is 0 Å². The molecule has 0 saturated heterocycles. The lowest BCUT2D eigenvalue weighted by atomic mass is 9.86. The largest absolute Gasteiger partial charge is 0.507 e. The number of nitrogens with one attached hydrogen (secondary N) is 1. The number of carbonyl (C=O) groups excluding carboxylic acids is 1. The monoisotopic (exact) mass is 383 g/mol. The summed E-state index contributed by atoms with van der Waals surface area (Å²) in [4.78, 5) is 12.5. The Kier molecular flexibility index (Phi) is 5.58. The number of carbonyl (C=O) groups is 1.